The smallest absolute Gasteiger partial charge is 0.270 e. The lowest BCUT2D eigenvalue weighted by Crippen LogP contribution is -2.29. The van der Waals surface area contributed by atoms with E-state index in [1.165, 1.54) is 0 Å². The first-order valence-electron chi connectivity index (χ1n) is 7.31. The fraction of sp³-hybridized carbons (Fsp3) is 0.312. The normalized spacial score (nSPS) is 22.7. The molecule has 0 amide bonds. The van der Waals surface area contributed by atoms with Crippen LogP contribution in [0.15, 0.2) is 28.0 Å². The fourth-order valence-corrected chi connectivity index (χ4v) is 3.89. The zero-order valence-electron chi connectivity index (χ0n) is 12.3. The van der Waals surface area contributed by atoms with Gasteiger partial charge in [-0.25, -0.2) is 4.99 Å². The number of hydrogen-bond acceptors (Lipinski definition) is 3. The Balaban J connectivity index is 1.99. The van der Waals surface area contributed by atoms with Crippen LogP contribution in [0.4, 0.5) is 5.82 Å². The molecule has 1 saturated carbocycles. The molecule has 2 aromatic rings. The van der Waals surface area contributed by atoms with Crippen molar-refractivity contribution in [3.63, 3.8) is 0 Å². The number of carbonyl (C=O) groups excluding carboxylic acids is 1. The van der Waals surface area contributed by atoms with E-state index in [0.717, 1.165) is 11.3 Å². The first kappa shape index (κ1) is 14.7. The monoisotopic (exact) mass is 349 g/mol. The molecule has 118 valence electrons. The van der Waals surface area contributed by atoms with Crippen molar-refractivity contribution in [2.24, 2.45) is 18.0 Å². The van der Waals surface area contributed by atoms with E-state index >= 15 is 0 Å². The summed E-state index contributed by atoms with van der Waals surface area (Å²) in [6, 6.07) is 5.25. The SMILES string of the molecule is Cn1[nH]c(=O)c2c1N=C1CCC(=O)C1C2c1ccc(Cl)c(Cl)c1. The summed E-state index contributed by atoms with van der Waals surface area (Å²) < 4.78 is 1.61. The van der Waals surface area contributed by atoms with E-state index in [9.17, 15) is 9.59 Å². The molecular weight excluding hydrogens is 337 g/mol. The molecule has 1 aromatic heterocycles. The number of H-pyrrole nitrogens is 1. The molecule has 2 atom stereocenters. The molecule has 0 spiro atoms. The van der Waals surface area contributed by atoms with E-state index in [0.29, 0.717) is 34.3 Å². The number of nitrogens with zero attached hydrogens (tertiary/aromatic N) is 2. The molecule has 23 heavy (non-hydrogen) atoms. The number of ketones is 1. The zero-order valence-corrected chi connectivity index (χ0v) is 13.8. The Bertz CT molecular complexity index is 926. The maximum atomic E-state index is 12.4. The third-order valence-corrected chi connectivity index (χ3v) is 5.34. The van der Waals surface area contributed by atoms with Gasteiger partial charge < -0.3 is 0 Å². The van der Waals surface area contributed by atoms with Gasteiger partial charge in [0, 0.05) is 25.1 Å². The highest BCUT2D eigenvalue weighted by Crippen LogP contribution is 2.45. The summed E-state index contributed by atoms with van der Waals surface area (Å²) in [4.78, 5) is 29.4. The van der Waals surface area contributed by atoms with Gasteiger partial charge in [0.15, 0.2) is 5.82 Å². The summed E-state index contributed by atoms with van der Waals surface area (Å²) in [5.41, 5.74) is 1.95. The van der Waals surface area contributed by atoms with Gasteiger partial charge in [0.1, 0.15) is 5.78 Å². The second-order valence-electron chi connectivity index (χ2n) is 5.94. The Morgan fingerprint density at radius 2 is 1.96 bits per heavy atom. The van der Waals surface area contributed by atoms with Gasteiger partial charge in [-0.05, 0) is 24.1 Å². The number of aliphatic imine (C=N–C) groups is 1. The van der Waals surface area contributed by atoms with Gasteiger partial charge in [-0.15, -0.1) is 0 Å². The lowest BCUT2D eigenvalue weighted by Gasteiger charge is -2.26. The van der Waals surface area contributed by atoms with Gasteiger partial charge in [-0.1, -0.05) is 29.3 Å². The van der Waals surface area contributed by atoms with Crippen molar-refractivity contribution in [2.75, 3.05) is 0 Å². The van der Waals surface area contributed by atoms with Crippen LogP contribution < -0.4 is 5.56 Å². The maximum Gasteiger partial charge on any atom is 0.270 e. The molecule has 5 nitrogen and oxygen atoms in total. The van der Waals surface area contributed by atoms with E-state index in [4.69, 9.17) is 23.2 Å². The van der Waals surface area contributed by atoms with Gasteiger partial charge in [0.25, 0.3) is 5.56 Å². The molecular formula is C16H13Cl2N3O2. The molecule has 1 fully saturated rings. The quantitative estimate of drug-likeness (QED) is 0.858. The Kier molecular flexibility index (Phi) is 3.25. The summed E-state index contributed by atoms with van der Waals surface area (Å²) in [6.07, 6.45) is 1.10. The lowest BCUT2D eigenvalue weighted by molar-refractivity contribution is -0.120. The number of fused-ring (bicyclic) bond motifs is 2. The number of rotatable bonds is 1. The van der Waals surface area contributed by atoms with Gasteiger partial charge in [0.05, 0.1) is 21.5 Å². The molecule has 1 N–H and O–H groups in total. The summed E-state index contributed by atoms with van der Waals surface area (Å²) in [5, 5.41) is 3.59. The van der Waals surface area contributed by atoms with Crippen LogP contribution in [0.25, 0.3) is 0 Å². The van der Waals surface area contributed by atoms with E-state index < -0.39 is 0 Å². The Hall–Kier alpha value is -1.85. The lowest BCUT2D eigenvalue weighted by atomic mass is 9.77. The third kappa shape index (κ3) is 2.11. The van der Waals surface area contributed by atoms with Crippen molar-refractivity contribution in [3.8, 4) is 0 Å². The van der Waals surface area contributed by atoms with Crippen LogP contribution in [0, 0.1) is 5.92 Å². The Morgan fingerprint density at radius 3 is 2.70 bits per heavy atom. The highest BCUT2D eigenvalue weighted by Gasteiger charge is 2.44. The predicted octanol–water partition coefficient (Wildman–Crippen LogP) is 3.22. The number of aromatic nitrogens is 2. The number of halogens is 2. The third-order valence-electron chi connectivity index (χ3n) is 4.60. The molecule has 7 heteroatoms. The van der Waals surface area contributed by atoms with E-state index in [1.54, 1.807) is 23.9 Å². The highest BCUT2D eigenvalue weighted by atomic mass is 35.5. The second-order valence-corrected chi connectivity index (χ2v) is 6.75. The molecule has 1 aromatic carbocycles. The summed E-state index contributed by atoms with van der Waals surface area (Å²) in [7, 11) is 1.74. The largest absolute Gasteiger partial charge is 0.299 e. The average molecular weight is 350 g/mol. The minimum Gasteiger partial charge on any atom is -0.299 e. The Labute approximate surface area is 141 Å². The van der Waals surface area contributed by atoms with Crippen LogP contribution in [-0.4, -0.2) is 21.3 Å². The number of benzene rings is 1. The van der Waals surface area contributed by atoms with E-state index in [1.807, 2.05) is 6.07 Å². The van der Waals surface area contributed by atoms with Crippen LogP contribution in [0.2, 0.25) is 10.0 Å². The van der Waals surface area contributed by atoms with Crippen LogP contribution in [-0.2, 0) is 11.8 Å². The summed E-state index contributed by atoms with van der Waals surface area (Å²) >= 11 is 12.1. The van der Waals surface area contributed by atoms with Crippen LogP contribution in [0.1, 0.15) is 29.9 Å². The minimum atomic E-state index is -0.386. The van der Waals surface area contributed by atoms with Crippen molar-refractivity contribution in [2.45, 2.75) is 18.8 Å². The first-order valence-corrected chi connectivity index (χ1v) is 8.07. The standard InChI is InChI=1S/C16H13Cl2N3O2/c1-21-15-14(16(23)20-21)12(7-2-3-8(17)9(18)6-7)13-10(19-15)4-5-11(13)22/h2-3,6,12-13H,4-5H2,1H3,(H,20,23). The number of aryl methyl sites for hydroxylation is 1. The van der Waals surface area contributed by atoms with Crippen molar-refractivity contribution in [3.05, 3.63) is 49.7 Å². The molecule has 2 heterocycles. The molecule has 0 bridgehead atoms. The van der Waals surface area contributed by atoms with Crippen molar-refractivity contribution < 1.29 is 4.79 Å². The zero-order chi connectivity index (χ0) is 16.3. The molecule has 2 unspecified atom stereocenters. The van der Waals surface area contributed by atoms with Gasteiger partial charge >= 0.3 is 0 Å². The van der Waals surface area contributed by atoms with Gasteiger partial charge in [0.2, 0.25) is 0 Å². The summed E-state index contributed by atoms with van der Waals surface area (Å²) in [6.45, 7) is 0. The Morgan fingerprint density at radius 1 is 1.17 bits per heavy atom. The van der Waals surface area contributed by atoms with E-state index in [2.05, 4.69) is 10.1 Å². The van der Waals surface area contributed by atoms with Crippen LogP contribution in [0.5, 0.6) is 0 Å². The molecule has 4 rings (SSSR count). The van der Waals surface area contributed by atoms with Crippen LogP contribution >= 0.6 is 23.2 Å². The molecule has 2 aliphatic rings. The first-order chi connectivity index (χ1) is 11.0. The molecule has 0 saturated heterocycles. The molecule has 1 aliphatic heterocycles. The number of carbonyl (C=O) groups is 1. The topological polar surface area (TPSA) is 67.2 Å². The minimum absolute atomic E-state index is 0.119. The summed E-state index contributed by atoms with van der Waals surface area (Å²) in [5.74, 6) is -0.0452. The van der Waals surface area contributed by atoms with E-state index in [-0.39, 0.29) is 23.2 Å². The number of nitrogens with one attached hydrogen (secondary N) is 1. The molecule has 1 aliphatic carbocycles. The van der Waals surface area contributed by atoms with Crippen LogP contribution in [0.3, 0.4) is 0 Å². The predicted molar refractivity (Wildman–Crippen MR) is 89.2 cm³/mol. The average Bonchev–Trinajstić information content (AvgIpc) is 3.02. The number of aromatic amines is 1. The maximum absolute atomic E-state index is 12.4. The van der Waals surface area contributed by atoms with Gasteiger partial charge in [-0.2, -0.15) is 0 Å². The van der Waals surface area contributed by atoms with Crippen molar-refractivity contribution in [1.29, 1.82) is 0 Å². The fourth-order valence-electron chi connectivity index (χ4n) is 3.58. The molecule has 0 radical (unpaired) electrons. The van der Waals surface area contributed by atoms with Crippen molar-refractivity contribution in [1.82, 2.24) is 9.78 Å². The number of hydrogen-bond donors (Lipinski definition) is 1. The number of Topliss-reactive ketones (excluding diaryl/α,β-unsaturated/α-hetero) is 1. The van der Waals surface area contributed by atoms with Crippen molar-refractivity contribution >= 4 is 40.5 Å². The highest BCUT2D eigenvalue weighted by molar-refractivity contribution is 6.42. The van der Waals surface area contributed by atoms with Gasteiger partial charge in [-0.3, -0.25) is 19.4 Å². The second kappa shape index (κ2) is 5.08.